The predicted octanol–water partition coefficient (Wildman–Crippen LogP) is 1.93. The van der Waals surface area contributed by atoms with E-state index in [0.717, 1.165) is 24.8 Å². The summed E-state index contributed by atoms with van der Waals surface area (Å²) in [5.74, 6) is 4.36. The zero-order valence-corrected chi connectivity index (χ0v) is 8.02. The third-order valence-corrected chi connectivity index (χ3v) is 1.92. The van der Waals surface area contributed by atoms with Crippen molar-refractivity contribution >= 4 is 5.97 Å². The SMILES string of the molecule is CCCC(CC)=C(C)C(=O)ON. The molecule has 0 aromatic carbocycles. The molecule has 0 spiro atoms. The number of hydrogen-bond donors (Lipinski definition) is 1. The molecule has 0 unspecified atom stereocenters. The van der Waals surface area contributed by atoms with Crippen molar-refractivity contribution < 1.29 is 9.63 Å². The Labute approximate surface area is 73.5 Å². The number of carbonyl (C=O) groups excluding carboxylic acids is 1. The van der Waals surface area contributed by atoms with Crippen LogP contribution in [-0.2, 0) is 9.63 Å². The van der Waals surface area contributed by atoms with Crippen LogP contribution in [0.1, 0.15) is 40.0 Å². The van der Waals surface area contributed by atoms with Gasteiger partial charge in [-0.1, -0.05) is 25.8 Å². The average Bonchev–Trinajstić information content (AvgIpc) is 2.11. The van der Waals surface area contributed by atoms with E-state index in [2.05, 4.69) is 11.8 Å². The van der Waals surface area contributed by atoms with Crippen molar-refractivity contribution in [2.45, 2.75) is 40.0 Å². The highest BCUT2D eigenvalue weighted by atomic mass is 16.7. The summed E-state index contributed by atoms with van der Waals surface area (Å²) < 4.78 is 0. The van der Waals surface area contributed by atoms with Crippen molar-refractivity contribution in [3.05, 3.63) is 11.1 Å². The minimum atomic E-state index is -0.416. The van der Waals surface area contributed by atoms with Crippen LogP contribution in [0.4, 0.5) is 0 Å². The van der Waals surface area contributed by atoms with Gasteiger partial charge in [0.05, 0.1) is 0 Å². The van der Waals surface area contributed by atoms with Crippen LogP contribution in [0.2, 0.25) is 0 Å². The highest BCUT2D eigenvalue weighted by molar-refractivity contribution is 5.88. The Balaban J connectivity index is 4.47. The van der Waals surface area contributed by atoms with Crippen molar-refractivity contribution in [2.75, 3.05) is 0 Å². The van der Waals surface area contributed by atoms with E-state index in [-0.39, 0.29) is 0 Å². The van der Waals surface area contributed by atoms with Crippen molar-refractivity contribution in [3.63, 3.8) is 0 Å². The molecule has 0 atom stereocenters. The van der Waals surface area contributed by atoms with Crippen LogP contribution in [0.25, 0.3) is 0 Å². The van der Waals surface area contributed by atoms with Crippen LogP contribution < -0.4 is 5.90 Å². The number of nitrogens with two attached hydrogens (primary N) is 1. The number of hydrogen-bond acceptors (Lipinski definition) is 3. The van der Waals surface area contributed by atoms with Gasteiger partial charge in [-0.05, 0) is 19.8 Å². The molecule has 0 saturated heterocycles. The first kappa shape index (κ1) is 11.2. The van der Waals surface area contributed by atoms with Gasteiger partial charge in [0, 0.05) is 5.57 Å². The quantitative estimate of drug-likeness (QED) is 0.519. The molecule has 0 radical (unpaired) electrons. The van der Waals surface area contributed by atoms with Gasteiger partial charge in [-0.25, -0.2) is 4.79 Å². The van der Waals surface area contributed by atoms with E-state index in [1.165, 1.54) is 0 Å². The molecule has 0 aliphatic carbocycles. The largest absolute Gasteiger partial charge is 0.370 e. The molecule has 0 bridgehead atoms. The fraction of sp³-hybridized carbons (Fsp3) is 0.667. The Bertz CT molecular complexity index is 185. The Morgan fingerprint density at radius 2 is 2.00 bits per heavy atom. The molecule has 0 amide bonds. The standard InChI is InChI=1S/C9H17NO2/c1-4-6-8(5-2)7(3)9(11)12-10/h4-6,10H2,1-3H3. The molecule has 3 nitrogen and oxygen atoms in total. The van der Waals surface area contributed by atoms with Gasteiger partial charge in [-0.15, -0.1) is 0 Å². The number of allylic oxidation sites excluding steroid dienone is 1. The van der Waals surface area contributed by atoms with Crippen LogP contribution >= 0.6 is 0 Å². The summed E-state index contributed by atoms with van der Waals surface area (Å²) in [6.45, 7) is 5.86. The van der Waals surface area contributed by atoms with Crippen molar-refractivity contribution in [3.8, 4) is 0 Å². The van der Waals surface area contributed by atoms with Gasteiger partial charge in [0.2, 0.25) is 0 Å². The Morgan fingerprint density at radius 1 is 1.42 bits per heavy atom. The Hall–Kier alpha value is -0.830. The fourth-order valence-corrected chi connectivity index (χ4v) is 1.16. The maximum atomic E-state index is 11.0. The van der Waals surface area contributed by atoms with Gasteiger partial charge in [0.15, 0.2) is 0 Å². The lowest BCUT2D eigenvalue weighted by Gasteiger charge is -2.06. The summed E-state index contributed by atoms with van der Waals surface area (Å²) in [5, 5.41) is 0. The van der Waals surface area contributed by atoms with Crippen LogP contribution in [0.15, 0.2) is 11.1 Å². The van der Waals surface area contributed by atoms with Crippen molar-refractivity contribution in [1.29, 1.82) is 0 Å². The van der Waals surface area contributed by atoms with Crippen LogP contribution in [0, 0.1) is 0 Å². The molecule has 12 heavy (non-hydrogen) atoms. The predicted molar refractivity (Wildman–Crippen MR) is 48.2 cm³/mol. The van der Waals surface area contributed by atoms with Gasteiger partial charge >= 0.3 is 5.97 Å². The lowest BCUT2D eigenvalue weighted by atomic mass is 10.0. The zero-order valence-electron chi connectivity index (χ0n) is 8.02. The smallest absolute Gasteiger partial charge is 0.352 e. The Kier molecular flexibility index (Phi) is 5.37. The first-order chi connectivity index (χ1) is 5.67. The molecular formula is C9H17NO2. The number of rotatable bonds is 4. The highest BCUT2D eigenvalue weighted by Gasteiger charge is 2.08. The van der Waals surface area contributed by atoms with E-state index in [0.29, 0.717) is 5.57 Å². The molecule has 70 valence electrons. The molecule has 0 aliphatic rings. The topological polar surface area (TPSA) is 52.3 Å². The lowest BCUT2D eigenvalue weighted by Crippen LogP contribution is -2.12. The second-order valence-corrected chi connectivity index (χ2v) is 2.74. The van der Waals surface area contributed by atoms with Gasteiger partial charge in [0.25, 0.3) is 0 Å². The van der Waals surface area contributed by atoms with E-state index in [1.807, 2.05) is 6.92 Å². The van der Waals surface area contributed by atoms with Gasteiger partial charge < -0.3 is 4.84 Å². The van der Waals surface area contributed by atoms with Crippen molar-refractivity contribution in [1.82, 2.24) is 0 Å². The van der Waals surface area contributed by atoms with E-state index < -0.39 is 5.97 Å². The summed E-state index contributed by atoms with van der Waals surface area (Å²) >= 11 is 0. The molecule has 0 heterocycles. The van der Waals surface area contributed by atoms with Crippen molar-refractivity contribution in [2.24, 2.45) is 5.90 Å². The van der Waals surface area contributed by atoms with E-state index in [4.69, 9.17) is 5.90 Å². The van der Waals surface area contributed by atoms with E-state index >= 15 is 0 Å². The maximum Gasteiger partial charge on any atom is 0.352 e. The summed E-state index contributed by atoms with van der Waals surface area (Å²) in [6, 6.07) is 0. The minimum Gasteiger partial charge on any atom is -0.370 e. The summed E-state index contributed by atoms with van der Waals surface area (Å²) in [6.07, 6.45) is 2.87. The normalized spacial score (nSPS) is 12.3. The van der Waals surface area contributed by atoms with Crippen LogP contribution in [0.3, 0.4) is 0 Å². The molecule has 0 aromatic heterocycles. The maximum absolute atomic E-state index is 11.0. The lowest BCUT2D eigenvalue weighted by molar-refractivity contribution is -0.139. The first-order valence-corrected chi connectivity index (χ1v) is 4.27. The highest BCUT2D eigenvalue weighted by Crippen LogP contribution is 2.15. The molecule has 0 aromatic rings. The van der Waals surface area contributed by atoms with E-state index in [9.17, 15) is 4.79 Å². The van der Waals surface area contributed by atoms with E-state index in [1.54, 1.807) is 6.92 Å². The van der Waals surface area contributed by atoms with Gasteiger partial charge in [0.1, 0.15) is 0 Å². The molecule has 3 heteroatoms. The van der Waals surface area contributed by atoms with Gasteiger partial charge in [-0.2, -0.15) is 5.90 Å². The molecule has 0 saturated carbocycles. The average molecular weight is 171 g/mol. The molecule has 2 N–H and O–H groups in total. The second kappa shape index (κ2) is 5.77. The molecule has 0 aliphatic heterocycles. The summed E-state index contributed by atoms with van der Waals surface area (Å²) in [5.41, 5.74) is 1.79. The molecular weight excluding hydrogens is 154 g/mol. The monoisotopic (exact) mass is 171 g/mol. The first-order valence-electron chi connectivity index (χ1n) is 4.27. The van der Waals surface area contributed by atoms with Gasteiger partial charge in [-0.3, -0.25) is 0 Å². The summed E-state index contributed by atoms with van der Waals surface area (Å²) in [4.78, 5) is 15.1. The number of carbonyl (C=O) groups is 1. The third-order valence-electron chi connectivity index (χ3n) is 1.92. The summed E-state index contributed by atoms with van der Waals surface area (Å²) in [7, 11) is 0. The van der Waals surface area contributed by atoms with Crippen LogP contribution in [-0.4, -0.2) is 5.97 Å². The fourth-order valence-electron chi connectivity index (χ4n) is 1.16. The molecule has 0 rings (SSSR count). The molecule has 0 fully saturated rings. The Morgan fingerprint density at radius 3 is 2.33 bits per heavy atom. The second-order valence-electron chi connectivity index (χ2n) is 2.74. The van der Waals surface area contributed by atoms with Crippen LogP contribution in [0.5, 0.6) is 0 Å². The minimum absolute atomic E-state index is 0.416. The third kappa shape index (κ3) is 3.05. The zero-order chi connectivity index (χ0) is 9.56.